The van der Waals surface area contributed by atoms with E-state index in [-0.39, 0.29) is 6.04 Å². The number of likely N-dealkylation sites (tertiary alicyclic amines) is 1. The minimum absolute atomic E-state index is 0.245. The quantitative estimate of drug-likeness (QED) is 0.872. The smallest absolute Gasteiger partial charge is 0.0474 e. The number of halogens is 2. The van der Waals surface area contributed by atoms with Crippen LogP contribution < -0.4 is 5.73 Å². The van der Waals surface area contributed by atoms with Crippen LogP contribution in [0.25, 0.3) is 0 Å². The molecule has 21 heavy (non-hydrogen) atoms. The van der Waals surface area contributed by atoms with Crippen molar-refractivity contribution in [1.29, 1.82) is 0 Å². The molecule has 0 spiro atoms. The summed E-state index contributed by atoms with van der Waals surface area (Å²) < 4.78 is 0. The fraction of sp³-hybridized carbons (Fsp3) is 0.647. The maximum atomic E-state index is 6.18. The Labute approximate surface area is 137 Å². The predicted octanol–water partition coefficient (Wildman–Crippen LogP) is 4.65. The maximum Gasteiger partial charge on any atom is 0.0474 e. The molecule has 2 aliphatic rings. The molecule has 1 saturated carbocycles. The summed E-state index contributed by atoms with van der Waals surface area (Å²) in [5.41, 5.74) is 7.28. The van der Waals surface area contributed by atoms with Crippen LogP contribution in [-0.4, -0.2) is 24.0 Å². The van der Waals surface area contributed by atoms with Gasteiger partial charge in [-0.1, -0.05) is 36.0 Å². The Balaban J connectivity index is 1.84. The summed E-state index contributed by atoms with van der Waals surface area (Å²) in [4.78, 5) is 2.62. The lowest BCUT2D eigenvalue weighted by Crippen LogP contribution is -2.40. The standard InChI is InChI=1S/C17H24Cl2N2/c18-14-8-13(9-15(19)10-14)17(11-20)21-7-3-6-16(21)12-4-1-2-5-12/h8-10,12,16-17H,1-7,11,20H2. The van der Waals surface area contributed by atoms with Gasteiger partial charge < -0.3 is 5.73 Å². The molecule has 0 bridgehead atoms. The third-order valence-electron chi connectivity index (χ3n) is 5.18. The van der Waals surface area contributed by atoms with Crippen LogP contribution in [0.4, 0.5) is 0 Å². The first-order valence-corrected chi connectivity index (χ1v) is 8.86. The predicted molar refractivity (Wildman–Crippen MR) is 89.9 cm³/mol. The van der Waals surface area contributed by atoms with Crippen molar-refractivity contribution in [2.24, 2.45) is 11.7 Å². The Morgan fingerprint density at radius 2 is 1.71 bits per heavy atom. The average Bonchev–Trinajstić information content (AvgIpc) is 3.08. The van der Waals surface area contributed by atoms with Gasteiger partial charge >= 0.3 is 0 Å². The highest BCUT2D eigenvalue weighted by atomic mass is 35.5. The summed E-state index contributed by atoms with van der Waals surface area (Å²) in [6, 6.07) is 6.77. The zero-order valence-electron chi connectivity index (χ0n) is 12.4. The van der Waals surface area contributed by atoms with Crippen molar-refractivity contribution in [3.63, 3.8) is 0 Å². The van der Waals surface area contributed by atoms with Crippen molar-refractivity contribution in [3.8, 4) is 0 Å². The Morgan fingerprint density at radius 3 is 2.33 bits per heavy atom. The minimum atomic E-state index is 0.245. The molecule has 0 aromatic heterocycles. The van der Waals surface area contributed by atoms with Crippen LogP contribution in [0, 0.1) is 5.92 Å². The van der Waals surface area contributed by atoms with E-state index in [1.54, 1.807) is 6.07 Å². The Morgan fingerprint density at radius 1 is 1.05 bits per heavy atom. The maximum absolute atomic E-state index is 6.18. The van der Waals surface area contributed by atoms with E-state index in [9.17, 15) is 0 Å². The molecule has 116 valence electrons. The third kappa shape index (κ3) is 3.39. The first-order valence-electron chi connectivity index (χ1n) is 8.11. The van der Waals surface area contributed by atoms with E-state index in [1.165, 1.54) is 44.1 Å². The average molecular weight is 327 g/mol. The SMILES string of the molecule is NCC(c1cc(Cl)cc(Cl)c1)N1CCCC1C1CCCC1. The van der Waals surface area contributed by atoms with Gasteiger partial charge in [0.1, 0.15) is 0 Å². The first-order chi connectivity index (χ1) is 10.2. The topological polar surface area (TPSA) is 29.3 Å². The van der Waals surface area contributed by atoms with Crippen molar-refractivity contribution >= 4 is 23.2 Å². The summed E-state index contributed by atoms with van der Waals surface area (Å²) in [6.45, 7) is 1.77. The molecule has 3 rings (SSSR count). The van der Waals surface area contributed by atoms with E-state index < -0.39 is 0 Å². The van der Waals surface area contributed by atoms with Gasteiger partial charge in [-0.15, -0.1) is 0 Å². The van der Waals surface area contributed by atoms with E-state index >= 15 is 0 Å². The van der Waals surface area contributed by atoms with Crippen LogP contribution in [0.3, 0.4) is 0 Å². The number of benzene rings is 1. The van der Waals surface area contributed by atoms with Crippen LogP contribution in [0.1, 0.15) is 50.1 Å². The molecule has 1 aliphatic carbocycles. The first kappa shape index (κ1) is 15.6. The second-order valence-corrected chi connectivity index (χ2v) is 7.32. The molecule has 1 heterocycles. The second-order valence-electron chi connectivity index (χ2n) is 6.45. The Hall–Kier alpha value is -0.280. The minimum Gasteiger partial charge on any atom is -0.329 e. The summed E-state index contributed by atoms with van der Waals surface area (Å²) in [5.74, 6) is 0.858. The van der Waals surface area contributed by atoms with E-state index in [4.69, 9.17) is 28.9 Å². The number of nitrogens with two attached hydrogens (primary N) is 1. The van der Waals surface area contributed by atoms with Crippen molar-refractivity contribution in [2.45, 2.75) is 50.6 Å². The van der Waals surface area contributed by atoms with Crippen molar-refractivity contribution in [2.75, 3.05) is 13.1 Å². The number of nitrogens with zero attached hydrogens (tertiary/aromatic N) is 1. The largest absolute Gasteiger partial charge is 0.329 e. The molecular weight excluding hydrogens is 303 g/mol. The van der Waals surface area contributed by atoms with E-state index in [0.29, 0.717) is 22.6 Å². The van der Waals surface area contributed by atoms with E-state index in [1.807, 2.05) is 12.1 Å². The van der Waals surface area contributed by atoms with Crippen molar-refractivity contribution < 1.29 is 0 Å². The summed E-state index contributed by atoms with van der Waals surface area (Å²) in [7, 11) is 0. The molecule has 2 unspecified atom stereocenters. The molecule has 1 aliphatic heterocycles. The highest BCUT2D eigenvalue weighted by molar-refractivity contribution is 6.34. The lowest BCUT2D eigenvalue weighted by molar-refractivity contribution is 0.138. The summed E-state index contributed by atoms with van der Waals surface area (Å²) >= 11 is 12.4. The fourth-order valence-electron chi connectivity index (χ4n) is 4.28. The molecule has 2 N–H and O–H groups in total. The monoisotopic (exact) mass is 326 g/mol. The number of hydrogen-bond donors (Lipinski definition) is 1. The zero-order valence-corrected chi connectivity index (χ0v) is 13.9. The van der Waals surface area contributed by atoms with E-state index in [0.717, 1.165) is 12.5 Å². The molecule has 1 aromatic carbocycles. The lowest BCUT2D eigenvalue weighted by Gasteiger charge is -2.36. The van der Waals surface area contributed by atoms with Gasteiger partial charge in [0.2, 0.25) is 0 Å². The molecule has 1 saturated heterocycles. The number of hydrogen-bond acceptors (Lipinski definition) is 2. The van der Waals surface area contributed by atoms with Gasteiger partial charge in [-0.25, -0.2) is 0 Å². The molecular formula is C17H24Cl2N2. The van der Waals surface area contributed by atoms with Crippen molar-refractivity contribution in [3.05, 3.63) is 33.8 Å². The molecule has 4 heteroatoms. The number of rotatable bonds is 4. The van der Waals surface area contributed by atoms with Gasteiger partial charge in [0.05, 0.1) is 0 Å². The van der Waals surface area contributed by atoms with Gasteiger partial charge in [0, 0.05) is 28.7 Å². The highest BCUT2D eigenvalue weighted by Crippen LogP contribution is 2.39. The third-order valence-corrected chi connectivity index (χ3v) is 5.62. The lowest BCUT2D eigenvalue weighted by atomic mass is 9.94. The van der Waals surface area contributed by atoms with Gasteiger partial charge in [-0.05, 0) is 61.9 Å². The van der Waals surface area contributed by atoms with Crippen LogP contribution in [0.5, 0.6) is 0 Å². The van der Waals surface area contributed by atoms with E-state index in [2.05, 4.69) is 4.90 Å². The van der Waals surface area contributed by atoms with Crippen LogP contribution in [-0.2, 0) is 0 Å². The van der Waals surface area contributed by atoms with Gasteiger partial charge in [-0.2, -0.15) is 0 Å². The van der Waals surface area contributed by atoms with Crippen LogP contribution in [0.2, 0.25) is 10.0 Å². The summed E-state index contributed by atoms with van der Waals surface area (Å²) in [6.07, 6.45) is 8.15. The molecule has 1 aromatic rings. The van der Waals surface area contributed by atoms with Crippen LogP contribution in [0.15, 0.2) is 18.2 Å². The summed E-state index contributed by atoms with van der Waals surface area (Å²) in [5, 5.41) is 1.40. The van der Waals surface area contributed by atoms with Gasteiger partial charge in [-0.3, -0.25) is 4.90 Å². The second kappa shape index (κ2) is 6.87. The Kier molecular flexibility index (Phi) is 5.11. The fourth-order valence-corrected chi connectivity index (χ4v) is 4.82. The zero-order chi connectivity index (χ0) is 14.8. The van der Waals surface area contributed by atoms with Gasteiger partial charge in [0.15, 0.2) is 0 Å². The Bertz CT molecular complexity index is 465. The normalized spacial score (nSPS) is 25.6. The molecule has 2 atom stereocenters. The molecule has 0 amide bonds. The molecule has 2 fully saturated rings. The molecule has 0 radical (unpaired) electrons. The van der Waals surface area contributed by atoms with Crippen molar-refractivity contribution in [1.82, 2.24) is 4.90 Å². The molecule has 2 nitrogen and oxygen atoms in total. The van der Waals surface area contributed by atoms with Crippen LogP contribution >= 0.6 is 23.2 Å². The highest BCUT2D eigenvalue weighted by Gasteiger charge is 2.37. The van der Waals surface area contributed by atoms with Gasteiger partial charge in [0.25, 0.3) is 0 Å².